The zero-order chi connectivity index (χ0) is 14.4. The summed E-state index contributed by atoms with van der Waals surface area (Å²) in [4.78, 5) is 0. The van der Waals surface area contributed by atoms with Gasteiger partial charge in [-0.15, -0.1) is 0 Å². The van der Waals surface area contributed by atoms with Gasteiger partial charge in [0.1, 0.15) is 5.66 Å². The Labute approximate surface area is 132 Å². The molecule has 0 saturated heterocycles. The highest BCUT2D eigenvalue weighted by Crippen LogP contribution is 2.41. The lowest BCUT2D eigenvalue weighted by Gasteiger charge is -2.39. The molecular formula is C18H15BrN2. The van der Waals surface area contributed by atoms with Gasteiger partial charge in [-0.3, -0.25) is 0 Å². The number of benzene rings is 3. The minimum Gasteiger partial charge on any atom is -0.359 e. The Morgan fingerprint density at radius 3 is 1.95 bits per heavy atom. The van der Waals surface area contributed by atoms with Crippen LogP contribution in [0.2, 0.25) is 0 Å². The molecule has 3 heteroatoms. The Morgan fingerprint density at radius 1 is 0.810 bits per heavy atom. The van der Waals surface area contributed by atoms with E-state index >= 15 is 0 Å². The van der Waals surface area contributed by atoms with Crippen LogP contribution in [0.3, 0.4) is 0 Å². The molecule has 0 aromatic heterocycles. The van der Waals surface area contributed by atoms with Gasteiger partial charge in [-0.1, -0.05) is 52.3 Å². The monoisotopic (exact) mass is 338 g/mol. The van der Waals surface area contributed by atoms with Gasteiger partial charge in [-0.2, -0.15) is 0 Å². The fraction of sp³-hybridized carbons (Fsp3) is 0.111. The number of anilines is 2. The van der Waals surface area contributed by atoms with E-state index in [0.29, 0.717) is 0 Å². The van der Waals surface area contributed by atoms with Crippen LogP contribution in [0.5, 0.6) is 0 Å². The van der Waals surface area contributed by atoms with Gasteiger partial charge in [0, 0.05) is 21.2 Å². The molecule has 4 rings (SSSR count). The van der Waals surface area contributed by atoms with Gasteiger partial charge >= 0.3 is 0 Å². The molecule has 1 aliphatic rings. The zero-order valence-corrected chi connectivity index (χ0v) is 13.2. The van der Waals surface area contributed by atoms with Crippen LogP contribution in [0.4, 0.5) is 11.4 Å². The van der Waals surface area contributed by atoms with Crippen LogP contribution in [0.15, 0.2) is 65.1 Å². The minimum absolute atomic E-state index is 0.316. The fourth-order valence-electron chi connectivity index (χ4n) is 3.05. The van der Waals surface area contributed by atoms with Gasteiger partial charge in [-0.25, -0.2) is 0 Å². The van der Waals surface area contributed by atoms with Gasteiger partial charge in [-0.05, 0) is 42.1 Å². The van der Waals surface area contributed by atoms with Crippen LogP contribution < -0.4 is 10.6 Å². The highest BCUT2D eigenvalue weighted by Gasteiger charge is 2.31. The maximum Gasteiger partial charge on any atom is 0.131 e. The smallest absolute Gasteiger partial charge is 0.131 e. The lowest BCUT2D eigenvalue weighted by molar-refractivity contribution is 0.625. The van der Waals surface area contributed by atoms with Crippen molar-refractivity contribution in [1.82, 2.24) is 0 Å². The van der Waals surface area contributed by atoms with Gasteiger partial charge in [0.25, 0.3) is 0 Å². The number of nitrogens with one attached hydrogen (secondary N) is 2. The molecule has 2 N–H and O–H groups in total. The highest BCUT2D eigenvalue weighted by atomic mass is 79.9. The molecule has 0 fully saturated rings. The predicted molar refractivity (Wildman–Crippen MR) is 92.7 cm³/mol. The topological polar surface area (TPSA) is 24.1 Å². The van der Waals surface area contributed by atoms with Crippen LogP contribution in [0.25, 0.3) is 10.8 Å². The lowest BCUT2D eigenvalue weighted by Crippen LogP contribution is -2.42. The van der Waals surface area contributed by atoms with Crippen LogP contribution >= 0.6 is 15.9 Å². The normalized spacial score (nSPS) is 15.3. The van der Waals surface area contributed by atoms with Crippen molar-refractivity contribution in [2.24, 2.45) is 0 Å². The average Bonchev–Trinajstić information content (AvgIpc) is 2.48. The van der Waals surface area contributed by atoms with Crippen molar-refractivity contribution in [3.05, 3.63) is 70.7 Å². The third kappa shape index (κ3) is 2.00. The Hall–Kier alpha value is -2.00. The van der Waals surface area contributed by atoms with E-state index < -0.39 is 0 Å². The predicted octanol–water partition coefficient (Wildman–Crippen LogP) is 5.31. The molecule has 2 nitrogen and oxygen atoms in total. The Bertz CT molecular complexity index is 783. The first-order chi connectivity index (χ1) is 10.2. The molecule has 1 heterocycles. The van der Waals surface area contributed by atoms with Gasteiger partial charge in [0.05, 0.1) is 0 Å². The number of rotatable bonds is 1. The number of hydrogen-bond donors (Lipinski definition) is 2. The van der Waals surface area contributed by atoms with Crippen molar-refractivity contribution in [3.63, 3.8) is 0 Å². The summed E-state index contributed by atoms with van der Waals surface area (Å²) in [7, 11) is 0. The maximum atomic E-state index is 3.65. The van der Waals surface area contributed by atoms with E-state index in [-0.39, 0.29) is 5.66 Å². The maximum absolute atomic E-state index is 3.65. The standard InChI is InChI=1S/C18H15BrN2/c1-18(13-8-10-14(19)11-9-13)20-15-6-2-4-12-5-3-7-16(21-18)17(12)15/h2-11,20-21H,1H3. The van der Waals surface area contributed by atoms with E-state index in [9.17, 15) is 0 Å². The molecule has 0 radical (unpaired) electrons. The van der Waals surface area contributed by atoms with E-state index in [1.165, 1.54) is 27.7 Å². The van der Waals surface area contributed by atoms with E-state index in [4.69, 9.17) is 0 Å². The van der Waals surface area contributed by atoms with E-state index in [2.05, 4.69) is 94.2 Å². The largest absolute Gasteiger partial charge is 0.359 e. The van der Waals surface area contributed by atoms with Crippen molar-refractivity contribution in [2.75, 3.05) is 10.6 Å². The first kappa shape index (κ1) is 12.7. The van der Waals surface area contributed by atoms with Crippen LogP contribution in [-0.4, -0.2) is 0 Å². The van der Waals surface area contributed by atoms with Crippen molar-refractivity contribution in [1.29, 1.82) is 0 Å². The minimum atomic E-state index is -0.316. The van der Waals surface area contributed by atoms with Gasteiger partial charge in [0.15, 0.2) is 0 Å². The molecule has 1 aliphatic heterocycles. The van der Waals surface area contributed by atoms with E-state index in [1.54, 1.807) is 0 Å². The molecule has 0 amide bonds. The summed E-state index contributed by atoms with van der Waals surface area (Å²) in [5.74, 6) is 0. The van der Waals surface area contributed by atoms with Crippen molar-refractivity contribution >= 4 is 38.1 Å². The summed E-state index contributed by atoms with van der Waals surface area (Å²) in [5, 5.41) is 9.81. The third-order valence-electron chi connectivity index (χ3n) is 4.10. The molecular weight excluding hydrogens is 324 g/mol. The molecule has 21 heavy (non-hydrogen) atoms. The molecule has 3 aromatic carbocycles. The second kappa shape index (κ2) is 4.50. The summed E-state index contributed by atoms with van der Waals surface area (Å²) in [6, 6.07) is 21.2. The SMILES string of the molecule is CC1(c2ccc(Br)cc2)Nc2cccc3cccc(c23)N1. The molecule has 3 aromatic rings. The molecule has 0 atom stereocenters. The lowest BCUT2D eigenvalue weighted by atomic mass is 9.95. The molecule has 0 spiro atoms. The molecule has 104 valence electrons. The quantitative estimate of drug-likeness (QED) is 0.628. The van der Waals surface area contributed by atoms with E-state index in [0.717, 1.165) is 4.47 Å². The summed E-state index contributed by atoms with van der Waals surface area (Å²) in [5.41, 5.74) is 3.24. The van der Waals surface area contributed by atoms with Crippen molar-refractivity contribution < 1.29 is 0 Å². The zero-order valence-electron chi connectivity index (χ0n) is 11.7. The Morgan fingerprint density at radius 2 is 1.38 bits per heavy atom. The average molecular weight is 339 g/mol. The van der Waals surface area contributed by atoms with Gasteiger partial charge in [0.2, 0.25) is 0 Å². The summed E-state index contributed by atoms with van der Waals surface area (Å²) in [6.45, 7) is 2.17. The first-order valence-corrected chi connectivity index (χ1v) is 7.79. The highest BCUT2D eigenvalue weighted by molar-refractivity contribution is 9.10. The molecule has 0 aliphatic carbocycles. The second-order valence-electron chi connectivity index (χ2n) is 5.59. The number of hydrogen-bond acceptors (Lipinski definition) is 2. The molecule has 0 saturated carbocycles. The van der Waals surface area contributed by atoms with Crippen molar-refractivity contribution in [2.45, 2.75) is 12.6 Å². The summed E-state index contributed by atoms with van der Waals surface area (Å²) in [6.07, 6.45) is 0. The van der Waals surface area contributed by atoms with Crippen molar-refractivity contribution in [3.8, 4) is 0 Å². The molecule has 0 bridgehead atoms. The fourth-order valence-corrected chi connectivity index (χ4v) is 3.31. The Balaban J connectivity index is 1.87. The summed E-state index contributed by atoms with van der Waals surface area (Å²) >= 11 is 3.50. The second-order valence-corrected chi connectivity index (χ2v) is 6.51. The Kier molecular flexibility index (Phi) is 2.73. The van der Waals surface area contributed by atoms with Crippen LogP contribution in [0, 0.1) is 0 Å². The van der Waals surface area contributed by atoms with E-state index in [1.807, 2.05) is 0 Å². The molecule has 0 unspecified atom stereocenters. The first-order valence-electron chi connectivity index (χ1n) is 7.00. The van der Waals surface area contributed by atoms with Gasteiger partial charge < -0.3 is 10.6 Å². The third-order valence-corrected chi connectivity index (χ3v) is 4.62. The summed E-state index contributed by atoms with van der Waals surface area (Å²) < 4.78 is 1.09. The van der Waals surface area contributed by atoms with Crippen LogP contribution in [-0.2, 0) is 5.66 Å². The van der Waals surface area contributed by atoms with Crippen LogP contribution in [0.1, 0.15) is 12.5 Å². The number of halogens is 1.